The normalized spacial score (nSPS) is 16.8. The SMILES string of the molecule is C1=CC2c3c(ccc4ccc(N(c5ccc(-c6ccccc6)cc5)c5ccc6oc7ccccc7c6c5)cc34)OC2N=C1. The Morgan fingerprint density at radius 1 is 0.581 bits per heavy atom. The van der Waals surface area contributed by atoms with Crippen LogP contribution >= 0.6 is 0 Å². The highest BCUT2D eigenvalue weighted by atomic mass is 16.5. The summed E-state index contributed by atoms with van der Waals surface area (Å²) in [5.41, 5.74) is 8.58. The average Bonchev–Trinajstić information content (AvgIpc) is 3.64. The number of fused-ring (bicyclic) bond motifs is 8. The molecule has 6 aromatic carbocycles. The lowest BCUT2D eigenvalue weighted by Crippen LogP contribution is -2.16. The van der Waals surface area contributed by atoms with Gasteiger partial charge < -0.3 is 14.1 Å². The van der Waals surface area contributed by atoms with Crippen LogP contribution in [0.3, 0.4) is 0 Å². The summed E-state index contributed by atoms with van der Waals surface area (Å²) in [6.07, 6.45) is 5.85. The smallest absolute Gasteiger partial charge is 0.199 e. The highest BCUT2D eigenvalue weighted by Crippen LogP contribution is 2.47. The van der Waals surface area contributed by atoms with Gasteiger partial charge in [0.2, 0.25) is 0 Å². The quantitative estimate of drug-likeness (QED) is 0.217. The Hall–Kier alpha value is -5.61. The molecule has 0 spiro atoms. The number of benzene rings is 6. The van der Waals surface area contributed by atoms with Crippen LogP contribution < -0.4 is 9.64 Å². The van der Waals surface area contributed by atoms with Gasteiger partial charge in [-0.15, -0.1) is 0 Å². The molecule has 0 aliphatic carbocycles. The number of allylic oxidation sites excluding steroid dienone is 1. The first-order valence-electron chi connectivity index (χ1n) is 14.6. The minimum Gasteiger partial charge on any atom is -0.467 e. The Morgan fingerprint density at radius 3 is 2.16 bits per heavy atom. The lowest BCUT2D eigenvalue weighted by atomic mass is 9.92. The van der Waals surface area contributed by atoms with E-state index in [1.165, 1.54) is 27.5 Å². The van der Waals surface area contributed by atoms with Crippen LogP contribution in [-0.2, 0) is 0 Å². The number of dihydropyridines is 1. The fourth-order valence-corrected chi connectivity index (χ4v) is 6.59. The van der Waals surface area contributed by atoms with Gasteiger partial charge in [0, 0.05) is 39.6 Å². The van der Waals surface area contributed by atoms with Crippen molar-refractivity contribution in [3.63, 3.8) is 0 Å². The van der Waals surface area contributed by atoms with E-state index in [4.69, 9.17) is 9.15 Å². The van der Waals surface area contributed by atoms with Gasteiger partial charge in [0.15, 0.2) is 6.23 Å². The maximum absolute atomic E-state index is 6.25. The number of anilines is 3. The fourth-order valence-electron chi connectivity index (χ4n) is 6.59. The molecule has 4 nitrogen and oxygen atoms in total. The molecule has 0 amide bonds. The van der Waals surface area contributed by atoms with Crippen LogP contribution in [0.15, 0.2) is 149 Å². The van der Waals surface area contributed by atoms with Gasteiger partial charge in [-0.1, -0.05) is 78.9 Å². The summed E-state index contributed by atoms with van der Waals surface area (Å²) in [5, 5.41) is 4.58. The number of hydrogen-bond donors (Lipinski definition) is 0. The average molecular weight is 555 g/mol. The summed E-state index contributed by atoms with van der Waals surface area (Å²) in [6.45, 7) is 0. The van der Waals surface area contributed by atoms with Gasteiger partial charge >= 0.3 is 0 Å². The third-order valence-electron chi connectivity index (χ3n) is 8.64. The largest absolute Gasteiger partial charge is 0.467 e. The van der Waals surface area contributed by atoms with Crippen LogP contribution in [0.1, 0.15) is 11.5 Å². The second-order valence-electron chi connectivity index (χ2n) is 11.1. The van der Waals surface area contributed by atoms with Crippen LogP contribution in [0.4, 0.5) is 17.1 Å². The molecule has 0 saturated carbocycles. The van der Waals surface area contributed by atoms with Gasteiger partial charge in [0.25, 0.3) is 0 Å². The van der Waals surface area contributed by atoms with Gasteiger partial charge in [-0.2, -0.15) is 0 Å². The second-order valence-corrected chi connectivity index (χ2v) is 11.1. The molecule has 0 saturated heterocycles. The number of ether oxygens (including phenoxy) is 1. The first kappa shape index (κ1) is 24.0. The number of furan rings is 1. The molecule has 2 aliphatic rings. The van der Waals surface area contributed by atoms with Crippen molar-refractivity contribution in [3.8, 4) is 16.9 Å². The topological polar surface area (TPSA) is 38.0 Å². The van der Waals surface area contributed by atoms with Crippen molar-refractivity contribution in [2.45, 2.75) is 12.1 Å². The summed E-state index contributed by atoms with van der Waals surface area (Å²) < 4.78 is 12.4. The van der Waals surface area contributed by atoms with E-state index >= 15 is 0 Å². The van der Waals surface area contributed by atoms with Crippen molar-refractivity contribution < 1.29 is 9.15 Å². The third kappa shape index (κ3) is 3.87. The fraction of sp³-hybridized carbons (Fsp3) is 0.0513. The molecule has 2 atom stereocenters. The zero-order valence-corrected chi connectivity index (χ0v) is 23.2. The molecule has 0 fully saturated rings. The van der Waals surface area contributed by atoms with Crippen molar-refractivity contribution in [2.75, 3.05) is 4.90 Å². The molecule has 3 heterocycles. The Kier molecular flexibility index (Phi) is 5.29. The summed E-state index contributed by atoms with van der Waals surface area (Å²) in [5.74, 6) is 1.01. The number of rotatable bonds is 4. The summed E-state index contributed by atoms with van der Waals surface area (Å²) >= 11 is 0. The van der Waals surface area contributed by atoms with Crippen molar-refractivity contribution in [2.24, 2.45) is 4.99 Å². The van der Waals surface area contributed by atoms with E-state index in [9.17, 15) is 0 Å². The molecular formula is C39H26N2O2. The molecule has 43 heavy (non-hydrogen) atoms. The van der Waals surface area contributed by atoms with Crippen LogP contribution in [0.25, 0.3) is 43.8 Å². The zero-order chi connectivity index (χ0) is 28.3. The molecule has 0 radical (unpaired) electrons. The van der Waals surface area contributed by atoms with Gasteiger partial charge in [0.1, 0.15) is 16.9 Å². The van der Waals surface area contributed by atoms with Gasteiger partial charge in [0.05, 0.1) is 5.92 Å². The molecule has 204 valence electrons. The molecule has 0 bridgehead atoms. The van der Waals surface area contributed by atoms with Crippen LogP contribution in [-0.4, -0.2) is 12.4 Å². The van der Waals surface area contributed by atoms with Crippen LogP contribution in [0.5, 0.6) is 5.75 Å². The van der Waals surface area contributed by atoms with Crippen molar-refractivity contribution in [1.82, 2.24) is 0 Å². The van der Waals surface area contributed by atoms with Crippen LogP contribution in [0.2, 0.25) is 0 Å². The summed E-state index contributed by atoms with van der Waals surface area (Å²) in [4.78, 5) is 6.92. The number of hydrogen-bond acceptors (Lipinski definition) is 4. The number of aliphatic imine (C=N–C) groups is 1. The predicted octanol–water partition coefficient (Wildman–Crippen LogP) is 10.3. The molecule has 2 aliphatic heterocycles. The van der Waals surface area contributed by atoms with E-state index in [0.29, 0.717) is 0 Å². The van der Waals surface area contributed by atoms with E-state index in [0.717, 1.165) is 44.8 Å². The Balaban J connectivity index is 1.24. The molecule has 7 aromatic rings. The van der Waals surface area contributed by atoms with E-state index in [2.05, 4.69) is 131 Å². The van der Waals surface area contributed by atoms with E-state index in [1.54, 1.807) is 0 Å². The number of nitrogens with zero attached hydrogens (tertiary/aromatic N) is 2. The molecule has 4 heteroatoms. The van der Waals surface area contributed by atoms with Crippen molar-refractivity contribution in [1.29, 1.82) is 0 Å². The summed E-state index contributed by atoms with van der Waals surface area (Å²) in [7, 11) is 0. The zero-order valence-electron chi connectivity index (χ0n) is 23.2. The Labute approximate surface area is 248 Å². The lowest BCUT2D eigenvalue weighted by molar-refractivity contribution is 0.230. The summed E-state index contributed by atoms with van der Waals surface area (Å²) in [6, 6.07) is 45.0. The van der Waals surface area contributed by atoms with E-state index < -0.39 is 0 Å². The molecule has 0 N–H and O–H groups in total. The first-order valence-corrected chi connectivity index (χ1v) is 14.6. The highest BCUT2D eigenvalue weighted by molar-refractivity contribution is 6.06. The standard InChI is InChI=1S/C39H26N2O2/c1-2-7-25(8-3-1)26-12-16-28(17-13-26)41(30-19-21-36-34(24-30)31-9-4-5-11-35(31)42-36)29-18-14-27-15-20-37-38(33(27)23-29)32-10-6-22-40-39(32)43-37/h1-24,32,39H. The van der Waals surface area contributed by atoms with E-state index in [-0.39, 0.29) is 12.1 Å². The van der Waals surface area contributed by atoms with E-state index in [1.807, 2.05) is 24.4 Å². The molecular weight excluding hydrogens is 528 g/mol. The third-order valence-corrected chi connectivity index (χ3v) is 8.64. The minimum absolute atomic E-state index is 0.103. The van der Waals surface area contributed by atoms with Gasteiger partial charge in [-0.05, 0) is 82.6 Å². The van der Waals surface area contributed by atoms with Gasteiger partial charge in [-0.25, -0.2) is 4.99 Å². The monoisotopic (exact) mass is 554 g/mol. The Morgan fingerprint density at radius 2 is 1.28 bits per heavy atom. The highest BCUT2D eigenvalue weighted by Gasteiger charge is 2.34. The number of para-hydroxylation sites is 1. The maximum Gasteiger partial charge on any atom is 0.199 e. The molecule has 9 rings (SSSR count). The first-order chi connectivity index (χ1) is 21.3. The predicted molar refractivity (Wildman–Crippen MR) is 176 cm³/mol. The Bertz CT molecular complexity index is 2230. The van der Waals surface area contributed by atoms with Gasteiger partial charge in [-0.3, -0.25) is 0 Å². The second kappa shape index (κ2) is 9.47. The molecule has 1 aromatic heterocycles. The van der Waals surface area contributed by atoms with Crippen LogP contribution in [0, 0.1) is 0 Å². The maximum atomic E-state index is 6.25. The van der Waals surface area contributed by atoms with Crippen molar-refractivity contribution in [3.05, 3.63) is 145 Å². The van der Waals surface area contributed by atoms with Crippen molar-refractivity contribution >= 4 is 56.0 Å². The molecule has 2 unspecified atom stereocenters. The lowest BCUT2D eigenvalue weighted by Gasteiger charge is -2.26. The minimum atomic E-state index is -0.201.